The minimum atomic E-state index is 0.169. The zero-order chi connectivity index (χ0) is 13.3. The molecule has 1 aliphatic rings. The summed E-state index contributed by atoms with van der Waals surface area (Å²) >= 11 is 0. The Balaban J connectivity index is 1.97. The van der Waals surface area contributed by atoms with E-state index in [9.17, 15) is 4.79 Å². The smallest absolute Gasteiger partial charge is 0.219 e. The number of likely N-dealkylation sites (tertiary alicyclic amines) is 1. The van der Waals surface area contributed by atoms with Gasteiger partial charge in [0, 0.05) is 31.9 Å². The number of amides is 1. The third-order valence-electron chi connectivity index (χ3n) is 3.58. The summed E-state index contributed by atoms with van der Waals surface area (Å²) in [7, 11) is 0. The molecule has 0 unspecified atom stereocenters. The number of aromatic nitrogens is 1. The molecule has 1 amide bonds. The van der Waals surface area contributed by atoms with Crippen molar-refractivity contribution in [3.8, 4) is 0 Å². The van der Waals surface area contributed by atoms with Gasteiger partial charge in [-0.3, -0.25) is 9.78 Å². The van der Waals surface area contributed by atoms with Crippen LogP contribution in [0.2, 0.25) is 0 Å². The van der Waals surface area contributed by atoms with Gasteiger partial charge in [0.15, 0.2) is 0 Å². The van der Waals surface area contributed by atoms with Crippen molar-refractivity contribution in [2.45, 2.75) is 39.5 Å². The second-order valence-electron chi connectivity index (χ2n) is 6.28. The highest BCUT2D eigenvalue weighted by Gasteiger charge is 2.28. The van der Waals surface area contributed by atoms with Gasteiger partial charge in [0.2, 0.25) is 5.91 Å². The zero-order valence-electron chi connectivity index (χ0n) is 11.7. The topological polar surface area (TPSA) is 33.2 Å². The third-order valence-corrected chi connectivity index (χ3v) is 3.58. The highest BCUT2D eigenvalue weighted by atomic mass is 16.2. The maximum Gasteiger partial charge on any atom is 0.219 e. The van der Waals surface area contributed by atoms with E-state index in [2.05, 4.69) is 37.9 Å². The van der Waals surface area contributed by atoms with E-state index in [1.54, 1.807) is 6.92 Å². The number of carbonyl (C=O) groups excluding carboxylic acids is 1. The van der Waals surface area contributed by atoms with Crippen LogP contribution in [-0.2, 0) is 16.6 Å². The van der Waals surface area contributed by atoms with Crippen LogP contribution in [0.4, 0.5) is 0 Å². The Bertz CT molecular complexity index is 442. The molecule has 0 atom stereocenters. The molecular weight excluding hydrogens is 224 g/mol. The summed E-state index contributed by atoms with van der Waals surface area (Å²) in [5.41, 5.74) is 2.65. The molecule has 1 aromatic rings. The molecule has 0 N–H and O–H groups in total. The quantitative estimate of drug-likeness (QED) is 0.803. The van der Waals surface area contributed by atoms with Crippen molar-refractivity contribution < 1.29 is 4.79 Å². The van der Waals surface area contributed by atoms with Gasteiger partial charge in [0.05, 0.1) is 0 Å². The first-order valence-electron chi connectivity index (χ1n) is 6.57. The van der Waals surface area contributed by atoms with Crippen molar-refractivity contribution in [1.29, 1.82) is 0 Å². The number of carbonyl (C=O) groups is 1. The van der Waals surface area contributed by atoms with E-state index in [0.717, 1.165) is 25.2 Å². The largest absolute Gasteiger partial charge is 0.342 e. The van der Waals surface area contributed by atoms with E-state index in [-0.39, 0.29) is 11.3 Å². The van der Waals surface area contributed by atoms with Crippen molar-refractivity contribution in [3.05, 3.63) is 29.6 Å². The number of pyridine rings is 1. The number of nitrogens with zero attached hydrogens (tertiary/aromatic N) is 2. The summed E-state index contributed by atoms with van der Waals surface area (Å²) in [6.45, 7) is 10.1. The standard InChI is InChI=1S/C15H22N2O/c1-11(18)17-9-12(10-17)7-14-8-13(5-6-16-14)15(2,3)4/h5-6,8,12H,7,9-10H2,1-4H3. The molecule has 3 heteroatoms. The molecule has 3 nitrogen and oxygen atoms in total. The second kappa shape index (κ2) is 4.71. The summed E-state index contributed by atoms with van der Waals surface area (Å²) in [6.07, 6.45) is 2.88. The Labute approximate surface area is 109 Å². The fourth-order valence-electron chi connectivity index (χ4n) is 2.31. The number of rotatable bonds is 2. The first-order chi connectivity index (χ1) is 8.36. The van der Waals surface area contributed by atoms with Crippen LogP contribution in [0.1, 0.15) is 39.0 Å². The van der Waals surface area contributed by atoms with Crippen LogP contribution >= 0.6 is 0 Å². The fourth-order valence-corrected chi connectivity index (χ4v) is 2.31. The molecule has 0 saturated carbocycles. The van der Waals surface area contributed by atoms with Gasteiger partial charge >= 0.3 is 0 Å². The van der Waals surface area contributed by atoms with Crippen LogP contribution < -0.4 is 0 Å². The molecule has 0 spiro atoms. The van der Waals surface area contributed by atoms with Gasteiger partial charge in [0.25, 0.3) is 0 Å². The Morgan fingerprint density at radius 2 is 2.11 bits per heavy atom. The molecule has 0 radical (unpaired) electrons. The Hall–Kier alpha value is -1.38. The van der Waals surface area contributed by atoms with Crippen LogP contribution in [0.5, 0.6) is 0 Å². The van der Waals surface area contributed by atoms with E-state index in [4.69, 9.17) is 0 Å². The molecule has 0 bridgehead atoms. The van der Waals surface area contributed by atoms with Gasteiger partial charge in [-0.05, 0) is 35.4 Å². The van der Waals surface area contributed by atoms with Gasteiger partial charge in [-0.2, -0.15) is 0 Å². The summed E-state index contributed by atoms with van der Waals surface area (Å²) in [6, 6.07) is 4.29. The Kier molecular flexibility index (Phi) is 3.42. The summed E-state index contributed by atoms with van der Waals surface area (Å²) in [5.74, 6) is 0.763. The second-order valence-corrected chi connectivity index (χ2v) is 6.28. The lowest BCUT2D eigenvalue weighted by molar-refractivity contribution is -0.134. The Morgan fingerprint density at radius 3 is 2.67 bits per heavy atom. The third kappa shape index (κ3) is 2.89. The fraction of sp³-hybridized carbons (Fsp3) is 0.600. The maximum atomic E-state index is 11.1. The van der Waals surface area contributed by atoms with Crippen LogP contribution in [0.15, 0.2) is 18.3 Å². The van der Waals surface area contributed by atoms with E-state index in [1.165, 1.54) is 5.56 Å². The Morgan fingerprint density at radius 1 is 1.44 bits per heavy atom. The lowest BCUT2D eigenvalue weighted by Crippen LogP contribution is -2.49. The first kappa shape index (κ1) is 13.1. The molecule has 1 saturated heterocycles. The predicted octanol–water partition coefficient (Wildman–Crippen LogP) is 2.40. The van der Waals surface area contributed by atoms with E-state index in [1.807, 2.05) is 11.1 Å². The predicted molar refractivity (Wildman–Crippen MR) is 72.4 cm³/mol. The monoisotopic (exact) mass is 246 g/mol. The lowest BCUT2D eigenvalue weighted by Gasteiger charge is -2.38. The highest BCUT2D eigenvalue weighted by molar-refractivity contribution is 5.74. The summed E-state index contributed by atoms with van der Waals surface area (Å²) in [5, 5.41) is 0. The van der Waals surface area contributed by atoms with E-state index in [0.29, 0.717) is 5.92 Å². The summed E-state index contributed by atoms with van der Waals surface area (Å²) < 4.78 is 0. The average molecular weight is 246 g/mol. The van der Waals surface area contributed by atoms with Gasteiger partial charge < -0.3 is 4.90 Å². The first-order valence-corrected chi connectivity index (χ1v) is 6.57. The summed E-state index contributed by atoms with van der Waals surface area (Å²) in [4.78, 5) is 17.4. The van der Waals surface area contributed by atoms with Crippen molar-refractivity contribution in [2.24, 2.45) is 5.92 Å². The molecular formula is C15H22N2O. The molecule has 0 aliphatic carbocycles. The van der Waals surface area contributed by atoms with E-state index >= 15 is 0 Å². The number of hydrogen-bond acceptors (Lipinski definition) is 2. The highest BCUT2D eigenvalue weighted by Crippen LogP contribution is 2.24. The molecule has 1 aromatic heterocycles. The van der Waals surface area contributed by atoms with Crippen LogP contribution in [0, 0.1) is 5.92 Å². The van der Waals surface area contributed by atoms with Crippen molar-refractivity contribution in [2.75, 3.05) is 13.1 Å². The molecule has 18 heavy (non-hydrogen) atoms. The normalized spacial score (nSPS) is 16.6. The molecule has 0 aromatic carbocycles. The minimum Gasteiger partial charge on any atom is -0.342 e. The van der Waals surface area contributed by atoms with Crippen LogP contribution in [0.25, 0.3) is 0 Å². The van der Waals surface area contributed by atoms with Crippen LogP contribution in [-0.4, -0.2) is 28.9 Å². The zero-order valence-corrected chi connectivity index (χ0v) is 11.7. The molecule has 1 aliphatic heterocycles. The maximum absolute atomic E-state index is 11.1. The molecule has 1 fully saturated rings. The van der Waals surface area contributed by atoms with Crippen molar-refractivity contribution in [3.63, 3.8) is 0 Å². The molecule has 2 rings (SSSR count). The van der Waals surface area contributed by atoms with Gasteiger partial charge in [0.1, 0.15) is 0 Å². The number of hydrogen-bond donors (Lipinski definition) is 0. The van der Waals surface area contributed by atoms with Crippen molar-refractivity contribution in [1.82, 2.24) is 9.88 Å². The van der Waals surface area contributed by atoms with Gasteiger partial charge in [-0.25, -0.2) is 0 Å². The average Bonchev–Trinajstić information content (AvgIpc) is 2.21. The van der Waals surface area contributed by atoms with Gasteiger partial charge in [-0.15, -0.1) is 0 Å². The molecule has 2 heterocycles. The lowest BCUT2D eigenvalue weighted by atomic mass is 9.86. The van der Waals surface area contributed by atoms with Crippen molar-refractivity contribution >= 4 is 5.91 Å². The SMILES string of the molecule is CC(=O)N1CC(Cc2cc(C(C)(C)C)ccn2)C1. The van der Waals surface area contributed by atoms with Crippen LogP contribution in [0.3, 0.4) is 0 Å². The van der Waals surface area contributed by atoms with Gasteiger partial charge in [-0.1, -0.05) is 20.8 Å². The minimum absolute atomic E-state index is 0.169. The molecule has 98 valence electrons. The van der Waals surface area contributed by atoms with E-state index < -0.39 is 0 Å².